The molecule has 0 aliphatic carbocycles. The third-order valence-corrected chi connectivity index (χ3v) is 5.34. The summed E-state index contributed by atoms with van der Waals surface area (Å²) in [5, 5.41) is 6.15. The van der Waals surface area contributed by atoms with Crippen LogP contribution in [0.4, 0.5) is 0 Å². The first-order valence-electron chi connectivity index (χ1n) is 9.61. The Bertz CT molecular complexity index is 874. The first-order valence-corrected chi connectivity index (χ1v) is 10.5. The minimum atomic E-state index is 0.0722. The van der Waals surface area contributed by atoms with Crippen molar-refractivity contribution in [2.45, 2.75) is 26.3 Å². The smallest absolute Gasteiger partial charge is 0.224 e. The molecular formula is C23H27N3OS. The van der Waals surface area contributed by atoms with Gasteiger partial charge in [-0.05, 0) is 38.1 Å². The lowest BCUT2D eigenvalue weighted by Crippen LogP contribution is -2.29. The summed E-state index contributed by atoms with van der Waals surface area (Å²) >= 11 is 1.65. The molecule has 0 saturated carbocycles. The Morgan fingerprint density at radius 3 is 2.50 bits per heavy atom. The molecule has 2 aromatic carbocycles. The van der Waals surface area contributed by atoms with Crippen molar-refractivity contribution in [2.75, 3.05) is 20.1 Å². The molecule has 0 unspecified atom stereocenters. The van der Waals surface area contributed by atoms with Crippen LogP contribution in [0.3, 0.4) is 0 Å². The van der Waals surface area contributed by atoms with Crippen molar-refractivity contribution in [3.8, 4) is 11.3 Å². The average molecular weight is 394 g/mol. The zero-order chi connectivity index (χ0) is 19.8. The van der Waals surface area contributed by atoms with Crippen molar-refractivity contribution in [3.63, 3.8) is 0 Å². The van der Waals surface area contributed by atoms with Gasteiger partial charge in [0.1, 0.15) is 0 Å². The summed E-state index contributed by atoms with van der Waals surface area (Å²) in [6, 6.07) is 18.5. The number of aryl methyl sites for hydroxylation is 1. The van der Waals surface area contributed by atoms with Crippen molar-refractivity contribution in [3.05, 3.63) is 76.1 Å². The van der Waals surface area contributed by atoms with E-state index < -0.39 is 0 Å². The van der Waals surface area contributed by atoms with Gasteiger partial charge in [-0.15, -0.1) is 11.3 Å². The second-order valence-corrected chi connectivity index (χ2v) is 8.11. The second-order valence-electron chi connectivity index (χ2n) is 7.05. The number of carbonyl (C=O) groups is 1. The molecule has 3 aromatic rings. The van der Waals surface area contributed by atoms with Gasteiger partial charge >= 0.3 is 0 Å². The fraction of sp³-hybridized carbons (Fsp3) is 0.304. The van der Waals surface area contributed by atoms with Crippen LogP contribution >= 0.6 is 11.3 Å². The Morgan fingerprint density at radius 2 is 1.82 bits per heavy atom. The minimum Gasteiger partial charge on any atom is -0.356 e. The van der Waals surface area contributed by atoms with Crippen LogP contribution in [0, 0.1) is 6.92 Å². The Morgan fingerprint density at radius 1 is 1.07 bits per heavy atom. The molecule has 1 N–H and O–H groups in total. The van der Waals surface area contributed by atoms with Crippen LogP contribution in [0.1, 0.15) is 22.6 Å². The van der Waals surface area contributed by atoms with E-state index in [1.165, 1.54) is 5.56 Å². The first kappa shape index (κ1) is 20.2. The molecule has 3 rings (SSSR count). The van der Waals surface area contributed by atoms with Gasteiger partial charge in [-0.25, -0.2) is 4.98 Å². The summed E-state index contributed by atoms with van der Waals surface area (Å²) in [4.78, 5) is 18.9. The number of hydrogen-bond donors (Lipinski definition) is 1. The second kappa shape index (κ2) is 10.2. The summed E-state index contributed by atoms with van der Waals surface area (Å²) < 4.78 is 0. The van der Waals surface area contributed by atoms with E-state index in [1.54, 1.807) is 11.3 Å². The normalized spacial score (nSPS) is 11.0. The number of aromatic nitrogens is 1. The molecule has 0 bridgehead atoms. The average Bonchev–Trinajstić information content (AvgIpc) is 3.13. The predicted molar refractivity (Wildman–Crippen MR) is 116 cm³/mol. The van der Waals surface area contributed by atoms with Gasteiger partial charge < -0.3 is 10.2 Å². The molecule has 1 heterocycles. The maximum absolute atomic E-state index is 12.2. The van der Waals surface area contributed by atoms with Gasteiger partial charge in [0.05, 0.1) is 17.1 Å². The van der Waals surface area contributed by atoms with Gasteiger partial charge in [0.2, 0.25) is 5.91 Å². The topological polar surface area (TPSA) is 45.2 Å². The van der Waals surface area contributed by atoms with Gasteiger partial charge in [0, 0.05) is 24.0 Å². The molecule has 5 heteroatoms. The highest BCUT2D eigenvalue weighted by Crippen LogP contribution is 2.21. The predicted octanol–water partition coefficient (Wildman–Crippen LogP) is 4.30. The van der Waals surface area contributed by atoms with Crippen molar-refractivity contribution >= 4 is 17.2 Å². The standard InChI is InChI=1S/C23H27N3OS/c1-18-25-22(17-28-18)21-11-9-19(10-12-21)15-23(27)24-13-6-14-26(2)16-20-7-4-3-5-8-20/h3-5,7-12,17H,6,13-16H2,1-2H3,(H,24,27). The van der Waals surface area contributed by atoms with E-state index >= 15 is 0 Å². The van der Waals surface area contributed by atoms with Gasteiger partial charge in [0.15, 0.2) is 0 Å². The number of benzene rings is 2. The summed E-state index contributed by atoms with van der Waals surface area (Å²) in [7, 11) is 2.11. The highest BCUT2D eigenvalue weighted by molar-refractivity contribution is 7.09. The Balaban J connectivity index is 1.36. The van der Waals surface area contributed by atoms with Gasteiger partial charge in [0.25, 0.3) is 0 Å². The summed E-state index contributed by atoms with van der Waals surface area (Å²) in [5.74, 6) is 0.0722. The Kier molecular flexibility index (Phi) is 7.34. The van der Waals surface area contributed by atoms with Crippen LogP contribution in [-0.2, 0) is 17.8 Å². The van der Waals surface area contributed by atoms with Crippen LogP contribution in [0.5, 0.6) is 0 Å². The third-order valence-electron chi connectivity index (χ3n) is 4.57. The van der Waals surface area contributed by atoms with E-state index in [9.17, 15) is 4.79 Å². The number of thiazole rings is 1. The molecule has 1 amide bonds. The number of amides is 1. The number of rotatable bonds is 9. The van der Waals surface area contributed by atoms with Crippen molar-refractivity contribution < 1.29 is 4.79 Å². The van der Waals surface area contributed by atoms with E-state index in [0.29, 0.717) is 13.0 Å². The lowest BCUT2D eigenvalue weighted by molar-refractivity contribution is -0.120. The van der Waals surface area contributed by atoms with E-state index in [2.05, 4.69) is 51.9 Å². The SMILES string of the molecule is Cc1nc(-c2ccc(CC(=O)NCCCN(C)Cc3ccccc3)cc2)cs1. The van der Waals surface area contributed by atoms with E-state index in [-0.39, 0.29) is 5.91 Å². The van der Waals surface area contributed by atoms with Crippen LogP contribution in [0.25, 0.3) is 11.3 Å². The quantitative estimate of drug-likeness (QED) is 0.551. The lowest BCUT2D eigenvalue weighted by atomic mass is 10.1. The fourth-order valence-electron chi connectivity index (χ4n) is 3.09. The van der Waals surface area contributed by atoms with Crippen molar-refractivity contribution in [1.82, 2.24) is 15.2 Å². The Labute approximate surface area is 171 Å². The largest absolute Gasteiger partial charge is 0.356 e. The molecule has 1 aromatic heterocycles. The molecule has 0 fully saturated rings. The van der Waals surface area contributed by atoms with E-state index in [0.717, 1.165) is 41.3 Å². The zero-order valence-electron chi connectivity index (χ0n) is 16.5. The van der Waals surface area contributed by atoms with Gasteiger partial charge in [-0.1, -0.05) is 54.6 Å². The minimum absolute atomic E-state index is 0.0722. The van der Waals surface area contributed by atoms with Crippen molar-refractivity contribution in [2.24, 2.45) is 0 Å². The molecule has 0 atom stereocenters. The molecule has 0 aliphatic heterocycles. The summed E-state index contributed by atoms with van der Waals surface area (Å²) in [5.41, 5.74) is 4.42. The highest BCUT2D eigenvalue weighted by Gasteiger charge is 2.06. The van der Waals surface area contributed by atoms with Crippen LogP contribution in [0.2, 0.25) is 0 Å². The summed E-state index contributed by atoms with van der Waals surface area (Å²) in [6.07, 6.45) is 1.35. The third kappa shape index (κ3) is 6.29. The molecular weight excluding hydrogens is 366 g/mol. The van der Waals surface area contributed by atoms with Crippen LogP contribution in [-0.4, -0.2) is 35.9 Å². The molecule has 0 aliphatic rings. The first-order chi connectivity index (χ1) is 13.6. The molecule has 0 saturated heterocycles. The molecule has 146 valence electrons. The number of carbonyl (C=O) groups excluding carboxylic acids is 1. The molecule has 0 radical (unpaired) electrons. The van der Waals surface area contributed by atoms with Crippen LogP contribution < -0.4 is 5.32 Å². The highest BCUT2D eigenvalue weighted by atomic mass is 32.1. The monoisotopic (exact) mass is 393 g/mol. The fourth-order valence-corrected chi connectivity index (χ4v) is 3.71. The summed E-state index contributed by atoms with van der Waals surface area (Å²) in [6.45, 7) is 4.59. The number of nitrogens with zero attached hydrogens (tertiary/aromatic N) is 2. The van der Waals surface area contributed by atoms with Crippen LogP contribution in [0.15, 0.2) is 60.0 Å². The van der Waals surface area contributed by atoms with E-state index in [4.69, 9.17) is 0 Å². The van der Waals surface area contributed by atoms with E-state index in [1.807, 2.05) is 37.3 Å². The molecule has 28 heavy (non-hydrogen) atoms. The Hall–Kier alpha value is -2.50. The number of hydrogen-bond acceptors (Lipinski definition) is 4. The lowest BCUT2D eigenvalue weighted by Gasteiger charge is -2.16. The maximum Gasteiger partial charge on any atom is 0.224 e. The molecule has 0 spiro atoms. The van der Waals surface area contributed by atoms with Gasteiger partial charge in [-0.2, -0.15) is 0 Å². The number of nitrogens with one attached hydrogen (secondary N) is 1. The van der Waals surface area contributed by atoms with Gasteiger partial charge in [-0.3, -0.25) is 4.79 Å². The maximum atomic E-state index is 12.2. The zero-order valence-corrected chi connectivity index (χ0v) is 17.3. The van der Waals surface area contributed by atoms with Crippen molar-refractivity contribution in [1.29, 1.82) is 0 Å². The molecule has 4 nitrogen and oxygen atoms in total.